The molecule has 4 rings (SSSR count). The van der Waals surface area contributed by atoms with Crippen LogP contribution in [0.1, 0.15) is 48.6 Å². The molecule has 0 aliphatic carbocycles. The molecular formula is C19H26N6O. The predicted molar refractivity (Wildman–Crippen MR) is 97.3 cm³/mol. The van der Waals surface area contributed by atoms with Gasteiger partial charge in [0, 0.05) is 37.5 Å². The number of nitrogens with zero attached hydrogens (tertiary/aromatic N) is 5. The first-order valence-corrected chi connectivity index (χ1v) is 9.47. The van der Waals surface area contributed by atoms with Crippen molar-refractivity contribution in [3.8, 4) is 0 Å². The third-order valence-electron chi connectivity index (χ3n) is 5.29. The summed E-state index contributed by atoms with van der Waals surface area (Å²) >= 11 is 0. The Morgan fingerprint density at radius 1 is 1.46 bits per heavy atom. The monoisotopic (exact) mass is 354 g/mol. The zero-order valence-electron chi connectivity index (χ0n) is 15.5. The zero-order chi connectivity index (χ0) is 18.1. The highest BCUT2D eigenvalue weighted by Crippen LogP contribution is 2.23. The molecule has 0 spiro atoms. The van der Waals surface area contributed by atoms with Gasteiger partial charge in [-0.25, -0.2) is 9.97 Å². The Labute approximate surface area is 153 Å². The van der Waals surface area contributed by atoms with Crippen LogP contribution >= 0.6 is 0 Å². The lowest BCUT2D eigenvalue weighted by molar-refractivity contribution is -0.136. The van der Waals surface area contributed by atoms with Crippen LogP contribution in [0.15, 0.2) is 18.5 Å². The zero-order valence-corrected chi connectivity index (χ0v) is 15.5. The molecule has 1 N–H and O–H groups in total. The van der Waals surface area contributed by atoms with Crippen LogP contribution < -0.4 is 5.32 Å². The molecule has 2 aromatic heterocycles. The van der Waals surface area contributed by atoms with E-state index in [2.05, 4.69) is 15.4 Å². The summed E-state index contributed by atoms with van der Waals surface area (Å²) in [7, 11) is 0. The number of nitrogens with one attached hydrogen (secondary N) is 1. The molecule has 2 aliphatic rings. The smallest absolute Gasteiger partial charge is 0.227 e. The molecule has 1 amide bonds. The fraction of sp³-hybridized carbons (Fsp3) is 0.579. The van der Waals surface area contributed by atoms with Crippen molar-refractivity contribution in [2.45, 2.75) is 52.2 Å². The Morgan fingerprint density at radius 3 is 3.08 bits per heavy atom. The van der Waals surface area contributed by atoms with E-state index in [4.69, 9.17) is 4.98 Å². The Bertz CT molecular complexity index is 795. The van der Waals surface area contributed by atoms with Gasteiger partial charge in [0.2, 0.25) is 5.91 Å². The fourth-order valence-electron chi connectivity index (χ4n) is 3.83. The van der Waals surface area contributed by atoms with Gasteiger partial charge in [-0.1, -0.05) is 6.92 Å². The first kappa shape index (κ1) is 17.1. The van der Waals surface area contributed by atoms with E-state index in [1.807, 2.05) is 41.9 Å². The molecule has 0 unspecified atom stereocenters. The number of rotatable bonds is 4. The molecule has 7 heteroatoms. The second kappa shape index (κ2) is 7.15. The van der Waals surface area contributed by atoms with Crippen molar-refractivity contribution < 1.29 is 4.79 Å². The van der Waals surface area contributed by atoms with Gasteiger partial charge in [-0.05, 0) is 32.4 Å². The van der Waals surface area contributed by atoms with Gasteiger partial charge >= 0.3 is 0 Å². The van der Waals surface area contributed by atoms with Gasteiger partial charge in [0.05, 0.1) is 29.9 Å². The van der Waals surface area contributed by atoms with E-state index < -0.39 is 0 Å². The Balaban J connectivity index is 1.41. The number of hydrogen-bond donors (Lipinski definition) is 1. The first-order chi connectivity index (χ1) is 12.6. The summed E-state index contributed by atoms with van der Waals surface area (Å²) in [5.41, 5.74) is 3.15. The highest BCUT2D eigenvalue weighted by molar-refractivity contribution is 5.78. The maximum Gasteiger partial charge on any atom is 0.227 e. The lowest BCUT2D eigenvalue weighted by atomic mass is 10.0. The maximum atomic E-state index is 12.8. The molecule has 2 aromatic rings. The third-order valence-corrected chi connectivity index (χ3v) is 5.29. The van der Waals surface area contributed by atoms with Crippen LogP contribution in [-0.2, 0) is 24.3 Å². The Kier molecular flexibility index (Phi) is 4.72. The summed E-state index contributed by atoms with van der Waals surface area (Å²) < 4.78 is 1.85. The number of aryl methyl sites for hydroxylation is 1. The Hall–Kier alpha value is -2.28. The van der Waals surface area contributed by atoms with Gasteiger partial charge in [0.15, 0.2) is 0 Å². The largest absolute Gasteiger partial charge is 0.338 e. The lowest BCUT2D eigenvalue weighted by Crippen LogP contribution is -2.40. The maximum absolute atomic E-state index is 12.8. The van der Waals surface area contributed by atoms with Crippen LogP contribution in [0.4, 0.5) is 0 Å². The summed E-state index contributed by atoms with van der Waals surface area (Å²) in [5, 5.41) is 7.83. The molecular weight excluding hydrogens is 328 g/mol. The van der Waals surface area contributed by atoms with Crippen LogP contribution in [0, 0.1) is 12.8 Å². The average Bonchev–Trinajstić information content (AvgIpc) is 3.32. The molecule has 0 aromatic carbocycles. The molecule has 2 aliphatic heterocycles. The molecule has 1 fully saturated rings. The number of hydrogen-bond acceptors (Lipinski definition) is 5. The number of amides is 1. The third kappa shape index (κ3) is 3.49. The minimum Gasteiger partial charge on any atom is -0.338 e. The predicted octanol–water partition coefficient (Wildman–Crippen LogP) is 1.63. The van der Waals surface area contributed by atoms with Crippen molar-refractivity contribution in [2.24, 2.45) is 5.92 Å². The van der Waals surface area contributed by atoms with Gasteiger partial charge in [-0.2, -0.15) is 5.10 Å². The van der Waals surface area contributed by atoms with Gasteiger partial charge in [-0.15, -0.1) is 0 Å². The van der Waals surface area contributed by atoms with Crippen molar-refractivity contribution in [3.05, 3.63) is 41.2 Å². The number of carbonyl (C=O) groups excluding carboxylic acids is 1. The van der Waals surface area contributed by atoms with E-state index in [1.165, 1.54) is 6.42 Å². The molecule has 26 heavy (non-hydrogen) atoms. The van der Waals surface area contributed by atoms with Crippen molar-refractivity contribution in [1.29, 1.82) is 0 Å². The second-order valence-electron chi connectivity index (χ2n) is 7.44. The fourth-order valence-corrected chi connectivity index (χ4v) is 3.83. The molecule has 1 saturated heterocycles. The SMILES string of the molecule is Cc1ccn(C[C@H](C)C(=O)N2CCc3nc([C@@H]4CCCN4)ncc3C2)n1. The summed E-state index contributed by atoms with van der Waals surface area (Å²) in [5.74, 6) is 0.979. The summed E-state index contributed by atoms with van der Waals surface area (Å²) in [4.78, 5) is 24.1. The highest BCUT2D eigenvalue weighted by atomic mass is 16.2. The number of carbonyl (C=O) groups is 1. The van der Waals surface area contributed by atoms with Crippen molar-refractivity contribution in [1.82, 2.24) is 30.0 Å². The molecule has 0 saturated carbocycles. The van der Waals surface area contributed by atoms with Gasteiger partial charge in [0.1, 0.15) is 5.82 Å². The molecule has 0 radical (unpaired) electrons. The molecule has 4 heterocycles. The number of aromatic nitrogens is 4. The lowest BCUT2D eigenvalue weighted by Gasteiger charge is -2.30. The van der Waals surface area contributed by atoms with E-state index >= 15 is 0 Å². The topological polar surface area (TPSA) is 75.9 Å². The normalized spacial score (nSPS) is 20.8. The molecule has 2 atom stereocenters. The Morgan fingerprint density at radius 2 is 2.35 bits per heavy atom. The van der Waals surface area contributed by atoms with E-state index in [0.29, 0.717) is 13.1 Å². The van der Waals surface area contributed by atoms with Crippen molar-refractivity contribution >= 4 is 5.91 Å². The molecule has 0 bridgehead atoms. The van der Waals surface area contributed by atoms with Gasteiger partial charge in [-0.3, -0.25) is 9.48 Å². The summed E-state index contributed by atoms with van der Waals surface area (Å²) in [6.45, 7) is 6.91. The van der Waals surface area contributed by atoms with Gasteiger partial charge in [0.25, 0.3) is 0 Å². The second-order valence-corrected chi connectivity index (χ2v) is 7.44. The molecule has 138 valence electrons. The summed E-state index contributed by atoms with van der Waals surface area (Å²) in [6, 6.07) is 2.25. The van der Waals surface area contributed by atoms with E-state index in [1.54, 1.807) is 0 Å². The van der Waals surface area contributed by atoms with E-state index in [0.717, 1.165) is 48.7 Å². The summed E-state index contributed by atoms with van der Waals surface area (Å²) in [6.07, 6.45) is 6.93. The first-order valence-electron chi connectivity index (χ1n) is 9.47. The minimum atomic E-state index is -0.0984. The molecule has 7 nitrogen and oxygen atoms in total. The van der Waals surface area contributed by atoms with Crippen LogP contribution in [0.2, 0.25) is 0 Å². The minimum absolute atomic E-state index is 0.0984. The van der Waals surface area contributed by atoms with Crippen LogP contribution in [0.5, 0.6) is 0 Å². The average molecular weight is 354 g/mol. The van der Waals surface area contributed by atoms with E-state index in [-0.39, 0.29) is 17.9 Å². The van der Waals surface area contributed by atoms with Crippen molar-refractivity contribution in [3.63, 3.8) is 0 Å². The van der Waals surface area contributed by atoms with Crippen molar-refractivity contribution in [2.75, 3.05) is 13.1 Å². The van der Waals surface area contributed by atoms with Gasteiger partial charge < -0.3 is 10.2 Å². The standard InChI is InChI=1S/C19H26N6O/c1-13(11-25-9-5-14(2)23-25)19(26)24-8-6-16-15(12-24)10-21-18(22-16)17-4-3-7-20-17/h5,9-10,13,17,20H,3-4,6-8,11-12H2,1-2H3/t13-,17-/m0/s1. The highest BCUT2D eigenvalue weighted by Gasteiger charge is 2.27. The van der Waals surface area contributed by atoms with Crippen LogP contribution in [0.3, 0.4) is 0 Å². The van der Waals surface area contributed by atoms with Crippen LogP contribution in [-0.4, -0.2) is 43.6 Å². The number of fused-ring (bicyclic) bond motifs is 1. The van der Waals surface area contributed by atoms with E-state index in [9.17, 15) is 4.79 Å². The quantitative estimate of drug-likeness (QED) is 0.903. The van der Waals surface area contributed by atoms with Crippen LogP contribution in [0.25, 0.3) is 0 Å².